The Morgan fingerprint density at radius 3 is 2.50 bits per heavy atom. The maximum absolute atomic E-state index is 12.9. The second-order valence-corrected chi connectivity index (χ2v) is 9.51. The molecule has 0 aliphatic carbocycles. The van der Waals surface area contributed by atoms with Crippen LogP contribution in [0.5, 0.6) is 5.75 Å². The topological polar surface area (TPSA) is 111 Å². The number of aromatic nitrogens is 4. The van der Waals surface area contributed by atoms with Crippen molar-refractivity contribution in [3.8, 4) is 11.4 Å². The average Bonchev–Trinajstić information content (AvgIpc) is 3.34. The van der Waals surface area contributed by atoms with Crippen molar-refractivity contribution in [1.29, 1.82) is 0 Å². The normalized spacial score (nSPS) is 15.0. The summed E-state index contributed by atoms with van der Waals surface area (Å²) in [5.41, 5.74) is 2.69. The molecule has 0 saturated carbocycles. The first-order valence-electron chi connectivity index (χ1n) is 10.2. The minimum atomic E-state index is -3.59. The third kappa shape index (κ3) is 4.63. The van der Waals surface area contributed by atoms with Crippen LogP contribution in [-0.2, 0) is 14.8 Å². The molecular formula is C21H24N6O4S. The minimum absolute atomic E-state index is 0.136. The number of hydrogen-bond donors (Lipinski definition) is 0. The molecule has 2 aromatic carbocycles. The molecular weight excluding hydrogens is 432 g/mol. The molecule has 2 heterocycles. The molecule has 1 fully saturated rings. The van der Waals surface area contributed by atoms with Gasteiger partial charge in [0.15, 0.2) is 6.61 Å². The second kappa shape index (κ2) is 9.05. The Kier molecular flexibility index (Phi) is 6.19. The molecule has 1 aliphatic rings. The first kappa shape index (κ1) is 21.9. The zero-order chi connectivity index (χ0) is 22.7. The first-order chi connectivity index (χ1) is 15.3. The van der Waals surface area contributed by atoms with E-state index in [4.69, 9.17) is 4.74 Å². The highest BCUT2D eigenvalue weighted by Gasteiger charge is 2.30. The lowest BCUT2D eigenvalue weighted by Crippen LogP contribution is -2.51. The molecule has 4 rings (SSSR count). The Balaban J connectivity index is 1.33. The van der Waals surface area contributed by atoms with Gasteiger partial charge in [-0.1, -0.05) is 12.1 Å². The SMILES string of the molecule is Cc1ccc(S(=O)(=O)N2CCN(C(=O)COc3cccc(-n4cnnn4)c3)CC2)cc1C. The predicted octanol–water partition coefficient (Wildman–Crippen LogP) is 1.19. The molecule has 0 bridgehead atoms. The van der Waals surface area contributed by atoms with Crippen molar-refractivity contribution < 1.29 is 17.9 Å². The molecule has 3 aromatic rings. The monoisotopic (exact) mass is 456 g/mol. The maximum Gasteiger partial charge on any atom is 0.260 e. The highest BCUT2D eigenvalue weighted by molar-refractivity contribution is 7.89. The number of carbonyl (C=O) groups is 1. The lowest BCUT2D eigenvalue weighted by atomic mass is 10.1. The van der Waals surface area contributed by atoms with Gasteiger partial charge in [0, 0.05) is 32.2 Å². The molecule has 11 heteroatoms. The number of piperazine rings is 1. The molecule has 1 amide bonds. The van der Waals surface area contributed by atoms with Crippen molar-refractivity contribution in [1.82, 2.24) is 29.4 Å². The zero-order valence-electron chi connectivity index (χ0n) is 17.9. The molecule has 0 radical (unpaired) electrons. The molecule has 0 unspecified atom stereocenters. The van der Waals surface area contributed by atoms with Crippen LogP contribution >= 0.6 is 0 Å². The summed E-state index contributed by atoms with van der Waals surface area (Å²) in [5, 5.41) is 11.0. The summed E-state index contributed by atoms with van der Waals surface area (Å²) < 4.78 is 34.5. The van der Waals surface area contributed by atoms with Crippen molar-refractivity contribution in [3.05, 3.63) is 59.9 Å². The highest BCUT2D eigenvalue weighted by Crippen LogP contribution is 2.21. The fraction of sp³-hybridized carbons (Fsp3) is 0.333. The van der Waals surface area contributed by atoms with Crippen molar-refractivity contribution in [2.45, 2.75) is 18.7 Å². The summed E-state index contributed by atoms with van der Waals surface area (Å²) in [6.45, 7) is 4.83. The van der Waals surface area contributed by atoms with Gasteiger partial charge in [0.1, 0.15) is 12.1 Å². The van der Waals surface area contributed by atoms with Crippen LogP contribution in [0, 0.1) is 13.8 Å². The Morgan fingerprint density at radius 2 is 1.81 bits per heavy atom. The lowest BCUT2D eigenvalue weighted by molar-refractivity contribution is -0.134. The summed E-state index contributed by atoms with van der Waals surface area (Å²) >= 11 is 0. The van der Waals surface area contributed by atoms with Crippen molar-refractivity contribution in [3.63, 3.8) is 0 Å². The Hall–Kier alpha value is -3.31. The van der Waals surface area contributed by atoms with Gasteiger partial charge >= 0.3 is 0 Å². The van der Waals surface area contributed by atoms with E-state index in [0.29, 0.717) is 24.5 Å². The molecule has 32 heavy (non-hydrogen) atoms. The van der Waals surface area contributed by atoms with Crippen LogP contribution in [0.25, 0.3) is 5.69 Å². The molecule has 0 N–H and O–H groups in total. The average molecular weight is 457 g/mol. The van der Waals surface area contributed by atoms with E-state index < -0.39 is 10.0 Å². The van der Waals surface area contributed by atoms with Gasteiger partial charge < -0.3 is 9.64 Å². The molecule has 10 nitrogen and oxygen atoms in total. The lowest BCUT2D eigenvalue weighted by Gasteiger charge is -2.34. The number of benzene rings is 2. The van der Waals surface area contributed by atoms with Gasteiger partial charge in [-0.25, -0.2) is 13.1 Å². The van der Waals surface area contributed by atoms with Crippen LogP contribution in [-0.4, -0.2) is 76.5 Å². The number of sulfonamides is 1. The van der Waals surface area contributed by atoms with Crippen molar-refractivity contribution in [2.24, 2.45) is 0 Å². The molecule has 168 valence electrons. The van der Waals surface area contributed by atoms with E-state index in [2.05, 4.69) is 15.5 Å². The second-order valence-electron chi connectivity index (χ2n) is 7.57. The van der Waals surface area contributed by atoms with E-state index in [1.165, 1.54) is 15.3 Å². The number of carbonyl (C=O) groups excluding carboxylic acids is 1. The van der Waals surface area contributed by atoms with Gasteiger partial charge in [0.05, 0.1) is 10.6 Å². The maximum atomic E-state index is 12.9. The van der Waals surface area contributed by atoms with Crippen molar-refractivity contribution >= 4 is 15.9 Å². The molecule has 0 atom stereocenters. The van der Waals surface area contributed by atoms with Crippen LogP contribution in [0.3, 0.4) is 0 Å². The van der Waals surface area contributed by atoms with Gasteiger partial charge in [-0.2, -0.15) is 4.31 Å². The number of hydrogen-bond acceptors (Lipinski definition) is 7. The minimum Gasteiger partial charge on any atom is -0.484 e. The molecule has 1 aromatic heterocycles. The van der Waals surface area contributed by atoms with E-state index >= 15 is 0 Å². The fourth-order valence-electron chi connectivity index (χ4n) is 3.43. The van der Waals surface area contributed by atoms with Gasteiger partial charge in [0.25, 0.3) is 5.91 Å². The fourth-order valence-corrected chi connectivity index (χ4v) is 4.94. The molecule has 1 aliphatic heterocycles. The van der Waals surface area contributed by atoms with Gasteiger partial charge in [-0.15, -0.1) is 5.10 Å². The predicted molar refractivity (Wildman–Crippen MR) is 116 cm³/mol. The van der Waals surface area contributed by atoms with Crippen LogP contribution in [0.1, 0.15) is 11.1 Å². The third-order valence-electron chi connectivity index (χ3n) is 5.50. The Bertz CT molecular complexity index is 1200. The van der Waals surface area contributed by atoms with E-state index in [0.717, 1.165) is 11.1 Å². The smallest absolute Gasteiger partial charge is 0.260 e. The van der Waals surface area contributed by atoms with E-state index in [1.807, 2.05) is 26.0 Å². The van der Waals surface area contributed by atoms with E-state index in [-0.39, 0.29) is 30.5 Å². The Morgan fingerprint density at radius 1 is 1.03 bits per heavy atom. The van der Waals surface area contributed by atoms with Crippen LogP contribution < -0.4 is 4.74 Å². The quantitative estimate of drug-likeness (QED) is 0.548. The highest BCUT2D eigenvalue weighted by atomic mass is 32.2. The van der Waals surface area contributed by atoms with Crippen molar-refractivity contribution in [2.75, 3.05) is 32.8 Å². The molecule has 0 spiro atoms. The number of rotatable bonds is 6. The van der Waals surface area contributed by atoms with E-state index in [1.54, 1.807) is 35.2 Å². The summed E-state index contributed by atoms with van der Waals surface area (Å²) in [7, 11) is -3.59. The van der Waals surface area contributed by atoms with Crippen LogP contribution in [0.4, 0.5) is 0 Å². The third-order valence-corrected chi connectivity index (χ3v) is 7.40. The summed E-state index contributed by atoms with van der Waals surface area (Å²) in [4.78, 5) is 14.5. The number of tetrazole rings is 1. The number of nitrogens with zero attached hydrogens (tertiary/aromatic N) is 6. The van der Waals surface area contributed by atoms with Gasteiger partial charge in [0.2, 0.25) is 10.0 Å². The Labute approximate surface area is 186 Å². The summed E-state index contributed by atoms with van der Waals surface area (Å²) in [6, 6.07) is 12.2. The summed E-state index contributed by atoms with van der Waals surface area (Å²) in [5.74, 6) is 0.323. The zero-order valence-corrected chi connectivity index (χ0v) is 18.7. The number of ether oxygens (including phenoxy) is 1. The largest absolute Gasteiger partial charge is 0.484 e. The van der Waals surface area contributed by atoms with E-state index in [9.17, 15) is 13.2 Å². The standard InChI is InChI=1S/C21H24N6O4S/c1-16-6-7-20(12-17(16)2)32(29,30)26-10-8-25(9-11-26)21(28)14-31-19-5-3-4-18(13-19)27-15-22-23-24-27/h3-7,12-13,15H,8-11,14H2,1-2H3. The summed E-state index contributed by atoms with van der Waals surface area (Å²) in [6.07, 6.45) is 1.47. The number of amides is 1. The first-order valence-corrected chi connectivity index (χ1v) is 11.6. The van der Waals surface area contributed by atoms with Gasteiger partial charge in [-0.3, -0.25) is 4.79 Å². The van der Waals surface area contributed by atoms with Gasteiger partial charge in [-0.05, 0) is 59.7 Å². The number of aryl methyl sites for hydroxylation is 2. The van der Waals surface area contributed by atoms with Crippen LogP contribution in [0.15, 0.2) is 53.7 Å². The van der Waals surface area contributed by atoms with Crippen LogP contribution in [0.2, 0.25) is 0 Å². The molecule has 1 saturated heterocycles.